The van der Waals surface area contributed by atoms with E-state index in [0.717, 1.165) is 37.6 Å². The summed E-state index contributed by atoms with van der Waals surface area (Å²) in [7, 11) is 0. The Morgan fingerprint density at radius 2 is 2.15 bits per heavy atom. The molecule has 1 aromatic rings. The quantitative estimate of drug-likeness (QED) is 0.639. The largest absolute Gasteiger partial charge is 0.397 e. The van der Waals surface area contributed by atoms with Crippen molar-refractivity contribution < 1.29 is 0 Å². The van der Waals surface area contributed by atoms with Gasteiger partial charge in [-0.1, -0.05) is 0 Å². The fraction of sp³-hybridized carbons (Fsp3) is 0.444. The molecule has 1 aromatic heterocycles. The number of anilines is 2. The second-order valence-corrected chi connectivity index (χ2v) is 3.17. The average molecular weight is 178 g/mol. The highest BCUT2D eigenvalue weighted by Gasteiger charge is 2.12. The van der Waals surface area contributed by atoms with Crippen molar-refractivity contribution in [2.45, 2.75) is 0 Å². The van der Waals surface area contributed by atoms with Crippen molar-refractivity contribution in [1.82, 2.24) is 10.3 Å². The van der Waals surface area contributed by atoms with Gasteiger partial charge in [0, 0.05) is 32.4 Å². The molecule has 1 saturated heterocycles. The molecule has 1 aliphatic rings. The van der Waals surface area contributed by atoms with Crippen molar-refractivity contribution in [2.24, 2.45) is 0 Å². The molecule has 0 radical (unpaired) electrons. The van der Waals surface area contributed by atoms with E-state index in [1.165, 1.54) is 0 Å². The number of nitrogens with zero attached hydrogens (tertiary/aromatic N) is 2. The van der Waals surface area contributed by atoms with Gasteiger partial charge in [0.05, 0.1) is 17.6 Å². The Bertz CT molecular complexity index is 281. The summed E-state index contributed by atoms with van der Waals surface area (Å²) in [6, 6.07) is 1.84. The van der Waals surface area contributed by atoms with Gasteiger partial charge in [0.25, 0.3) is 0 Å². The van der Waals surface area contributed by atoms with Crippen molar-refractivity contribution in [3.63, 3.8) is 0 Å². The van der Waals surface area contributed by atoms with Crippen LogP contribution in [0.5, 0.6) is 0 Å². The first-order valence-electron chi connectivity index (χ1n) is 4.53. The normalized spacial score (nSPS) is 17.4. The smallest absolute Gasteiger partial charge is 0.0787 e. The molecule has 2 rings (SSSR count). The van der Waals surface area contributed by atoms with Crippen LogP contribution in [-0.2, 0) is 0 Å². The Morgan fingerprint density at radius 3 is 2.85 bits per heavy atom. The van der Waals surface area contributed by atoms with Gasteiger partial charge in [0.2, 0.25) is 0 Å². The molecule has 0 atom stereocenters. The predicted molar refractivity (Wildman–Crippen MR) is 53.7 cm³/mol. The van der Waals surface area contributed by atoms with E-state index in [0.29, 0.717) is 0 Å². The van der Waals surface area contributed by atoms with Crippen molar-refractivity contribution >= 4 is 11.4 Å². The SMILES string of the molecule is Nc1ccncc1N1CCNCC1. The van der Waals surface area contributed by atoms with Gasteiger partial charge in [-0.2, -0.15) is 0 Å². The van der Waals surface area contributed by atoms with E-state index < -0.39 is 0 Å². The number of aromatic nitrogens is 1. The van der Waals surface area contributed by atoms with Crippen LogP contribution >= 0.6 is 0 Å². The zero-order valence-corrected chi connectivity index (χ0v) is 7.53. The lowest BCUT2D eigenvalue weighted by Gasteiger charge is -2.29. The lowest BCUT2D eigenvalue weighted by atomic mass is 10.3. The van der Waals surface area contributed by atoms with Crippen LogP contribution < -0.4 is 16.0 Å². The van der Waals surface area contributed by atoms with Crippen LogP contribution in [0.25, 0.3) is 0 Å². The number of nitrogens with two attached hydrogens (primary N) is 1. The summed E-state index contributed by atoms with van der Waals surface area (Å²) in [4.78, 5) is 6.34. The first kappa shape index (κ1) is 8.31. The van der Waals surface area contributed by atoms with Crippen LogP contribution in [0.2, 0.25) is 0 Å². The highest BCUT2D eigenvalue weighted by Crippen LogP contribution is 2.20. The van der Waals surface area contributed by atoms with E-state index >= 15 is 0 Å². The number of hydrogen-bond donors (Lipinski definition) is 2. The third kappa shape index (κ3) is 1.72. The molecular weight excluding hydrogens is 164 g/mol. The molecule has 4 nitrogen and oxygen atoms in total. The molecule has 0 bridgehead atoms. The number of pyridine rings is 1. The van der Waals surface area contributed by atoms with Crippen LogP contribution in [0.15, 0.2) is 18.5 Å². The molecule has 1 fully saturated rings. The first-order chi connectivity index (χ1) is 6.38. The number of hydrogen-bond acceptors (Lipinski definition) is 4. The summed E-state index contributed by atoms with van der Waals surface area (Å²) in [5.41, 5.74) is 7.73. The Hall–Kier alpha value is -1.29. The van der Waals surface area contributed by atoms with Crippen LogP contribution in [0, 0.1) is 0 Å². The molecular formula is C9H14N4. The summed E-state index contributed by atoms with van der Waals surface area (Å²) in [6.07, 6.45) is 3.56. The van der Waals surface area contributed by atoms with Gasteiger partial charge in [-0.05, 0) is 6.07 Å². The lowest BCUT2D eigenvalue weighted by Crippen LogP contribution is -2.43. The topological polar surface area (TPSA) is 54.2 Å². The number of nitrogen functional groups attached to an aromatic ring is 1. The standard InChI is InChI=1S/C9H14N4/c10-8-1-2-12-7-9(8)13-5-3-11-4-6-13/h1-2,7,11H,3-6H2,(H2,10,12). The maximum Gasteiger partial charge on any atom is 0.0787 e. The zero-order chi connectivity index (χ0) is 9.10. The minimum absolute atomic E-state index is 0.817. The first-order valence-corrected chi connectivity index (χ1v) is 4.53. The molecule has 0 aromatic carbocycles. The van der Waals surface area contributed by atoms with Crippen molar-refractivity contribution in [2.75, 3.05) is 36.8 Å². The van der Waals surface area contributed by atoms with E-state index in [1.54, 1.807) is 6.20 Å². The third-order valence-electron chi connectivity index (χ3n) is 2.29. The Labute approximate surface area is 77.8 Å². The van der Waals surface area contributed by atoms with Crippen LogP contribution in [0.1, 0.15) is 0 Å². The molecule has 0 saturated carbocycles. The van der Waals surface area contributed by atoms with Gasteiger partial charge < -0.3 is 16.0 Å². The van der Waals surface area contributed by atoms with Gasteiger partial charge >= 0.3 is 0 Å². The third-order valence-corrected chi connectivity index (χ3v) is 2.29. The van der Waals surface area contributed by atoms with E-state index in [9.17, 15) is 0 Å². The molecule has 4 heteroatoms. The average Bonchev–Trinajstić information content (AvgIpc) is 2.20. The van der Waals surface area contributed by atoms with Gasteiger partial charge in [0.1, 0.15) is 0 Å². The van der Waals surface area contributed by atoms with Gasteiger partial charge in [-0.25, -0.2) is 0 Å². The van der Waals surface area contributed by atoms with Gasteiger partial charge in [-0.15, -0.1) is 0 Å². The van der Waals surface area contributed by atoms with E-state index in [4.69, 9.17) is 5.73 Å². The summed E-state index contributed by atoms with van der Waals surface area (Å²) in [5.74, 6) is 0. The van der Waals surface area contributed by atoms with Crippen molar-refractivity contribution in [1.29, 1.82) is 0 Å². The van der Waals surface area contributed by atoms with Crippen LogP contribution in [0.3, 0.4) is 0 Å². The Morgan fingerprint density at radius 1 is 1.38 bits per heavy atom. The summed E-state index contributed by atoms with van der Waals surface area (Å²) in [5, 5.41) is 3.30. The minimum atomic E-state index is 0.817. The maximum absolute atomic E-state index is 5.85. The van der Waals surface area contributed by atoms with Crippen molar-refractivity contribution in [3.8, 4) is 0 Å². The minimum Gasteiger partial charge on any atom is -0.397 e. The molecule has 0 unspecified atom stereocenters. The second kappa shape index (κ2) is 3.62. The molecule has 0 aliphatic carbocycles. The van der Waals surface area contributed by atoms with E-state index in [-0.39, 0.29) is 0 Å². The maximum atomic E-state index is 5.85. The monoisotopic (exact) mass is 178 g/mol. The molecule has 70 valence electrons. The fourth-order valence-corrected chi connectivity index (χ4v) is 1.57. The zero-order valence-electron chi connectivity index (χ0n) is 7.53. The van der Waals surface area contributed by atoms with Crippen molar-refractivity contribution in [3.05, 3.63) is 18.5 Å². The predicted octanol–water partition coefficient (Wildman–Crippen LogP) is 0.0734. The molecule has 13 heavy (non-hydrogen) atoms. The fourth-order valence-electron chi connectivity index (χ4n) is 1.57. The van der Waals surface area contributed by atoms with Crippen LogP contribution in [0.4, 0.5) is 11.4 Å². The highest BCUT2D eigenvalue weighted by molar-refractivity contribution is 5.65. The molecule has 2 heterocycles. The number of rotatable bonds is 1. The summed E-state index contributed by atoms with van der Waals surface area (Å²) >= 11 is 0. The van der Waals surface area contributed by atoms with E-state index in [1.807, 2.05) is 12.3 Å². The second-order valence-electron chi connectivity index (χ2n) is 3.17. The van der Waals surface area contributed by atoms with Crippen LogP contribution in [-0.4, -0.2) is 31.2 Å². The van der Waals surface area contributed by atoms with E-state index in [2.05, 4.69) is 15.2 Å². The summed E-state index contributed by atoms with van der Waals surface area (Å²) in [6.45, 7) is 4.06. The van der Waals surface area contributed by atoms with Gasteiger partial charge in [-0.3, -0.25) is 4.98 Å². The Balaban J connectivity index is 2.18. The number of nitrogens with one attached hydrogen (secondary N) is 1. The Kier molecular flexibility index (Phi) is 2.31. The molecule has 3 N–H and O–H groups in total. The lowest BCUT2D eigenvalue weighted by molar-refractivity contribution is 0.589. The molecule has 1 aliphatic heterocycles. The summed E-state index contributed by atoms with van der Waals surface area (Å²) < 4.78 is 0. The number of piperazine rings is 1. The molecule has 0 amide bonds. The highest BCUT2D eigenvalue weighted by atomic mass is 15.2. The van der Waals surface area contributed by atoms with Gasteiger partial charge in [0.15, 0.2) is 0 Å². The molecule has 0 spiro atoms.